The molecule has 0 saturated heterocycles. The molecule has 0 spiro atoms. The molecule has 0 heterocycles. The topological polar surface area (TPSA) is 9.23 Å². The number of ether oxygens (including phenoxy) is 1. The van der Waals surface area contributed by atoms with Crippen molar-refractivity contribution in [3.05, 3.63) is 54.1 Å². The lowest BCUT2D eigenvalue weighted by Crippen LogP contribution is -2.07. The van der Waals surface area contributed by atoms with Crippen LogP contribution in [0, 0.1) is 11.6 Å². The van der Waals surface area contributed by atoms with Crippen LogP contribution in [-0.4, -0.2) is 7.85 Å². The van der Waals surface area contributed by atoms with E-state index in [1.165, 1.54) is 30.3 Å². The summed E-state index contributed by atoms with van der Waals surface area (Å²) >= 11 is 0. The van der Waals surface area contributed by atoms with Gasteiger partial charge in [0.1, 0.15) is 31.0 Å². The molecule has 0 amide bonds. The number of hydrogen-bond donors (Lipinski definition) is 0. The molecule has 2 aromatic rings. The van der Waals surface area contributed by atoms with Crippen molar-refractivity contribution in [1.82, 2.24) is 0 Å². The molecule has 16 heavy (non-hydrogen) atoms. The summed E-state index contributed by atoms with van der Waals surface area (Å²) in [6.45, 7) is 0. The molecule has 4 heteroatoms. The van der Waals surface area contributed by atoms with E-state index in [-0.39, 0.29) is 11.2 Å². The fraction of sp³-hybridized carbons (Fsp3) is 0. The number of halogens is 2. The lowest BCUT2D eigenvalue weighted by Gasteiger charge is -2.06. The summed E-state index contributed by atoms with van der Waals surface area (Å²) in [5, 5.41) is 0. The highest BCUT2D eigenvalue weighted by Gasteiger charge is 2.02. The van der Waals surface area contributed by atoms with Gasteiger partial charge in [-0.15, -0.1) is 0 Å². The van der Waals surface area contributed by atoms with Crippen LogP contribution in [0.4, 0.5) is 8.78 Å². The molecule has 0 fully saturated rings. The second kappa shape index (κ2) is 4.35. The third kappa shape index (κ3) is 2.39. The van der Waals surface area contributed by atoms with E-state index in [0.717, 1.165) is 6.07 Å². The van der Waals surface area contributed by atoms with Crippen LogP contribution >= 0.6 is 0 Å². The number of rotatable bonds is 2. The van der Waals surface area contributed by atoms with Gasteiger partial charge in [0, 0.05) is 12.1 Å². The summed E-state index contributed by atoms with van der Waals surface area (Å²) in [5.74, 6) is -0.385. The molecule has 0 aromatic heterocycles. The minimum Gasteiger partial charge on any atom is -0.457 e. The van der Waals surface area contributed by atoms with E-state index < -0.39 is 11.6 Å². The highest BCUT2D eigenvalue weighted by Crippen LogP contribution is 2.21. The van der Waals surface area contributed by atoms with Crippen molar-refractivity contribution in [2.24, 2.45) is 0 Å². The van der Waals surface area contributed by atoms with Crippen molar-refractivity contribution in [1.29, 1.82) is 0 Å². The fourth-order valence-corrected chi connectivity index (χ4v) is 1.24. The average molecular weight is 216 g/mol. The summed E-state index contributed by atoms with van der Waals surface area (Å²) in [7, 11) is 5.32. The second-order valence-electron chi connectivity index (χ2n) is 3.24. The average Bonchev–Trinajstić information content (AvgIpc) is 2.24. The SMILES string of the molecule is [B]c1ccc(Oc2cccc(F)c2)cc1F. The zero-order valence-electron chi connectivity index (χ0n) is 8.28. The minimum atomic E-state index is -0.561. The summed E-state index contributed by atoms with van der Waals surface area (Å²) in [5.41, 5.74) is 0.0478. The van der Waals surface area contributed by atoms with Gasteiger partial charge in [-0.1, -0.05) is 17.6 Å². The maximum absolute atomic E-state index is 13.1. The Balaban J connectivity index is 2.24. The van der Waals surface area contributed by atoms with Crippen LogP contribution in [0.2, 0.25) is 0 Å². The molecule has 0 saturated carbocycles. The standard InChI is InChI=1S/C12H7BF2O/c13-11-5-4-10(7-12(11)15)16-9-3-1-2-8(14)6-9/h1-7H. The Morgan fingerprint density at radius 1 is 0.938 bits per heavy atom. The first-order valence-corrected chi connectivity index (χ1v) is 4.63. The van der Waals surface area contributed by atoms with Gasteiger partial charge in [-0.05, 0) is 18.2 Å². The molecule has 78 valence electrons. The Labute approximate surface area is 93.1 Å². The van der Waals surface area contributed by atoms with E-state index in [1.54, 1.807) is 6.07 Å². The van der Waals surface area contributed by atoms with E-state index in [2.05, 4.69) is 0 Å². The smallest absolute Gasteiger partial charge is 0.130 e. The first-order chi connectivity index (χ1) is 7.65. The van der Waals surface area contributed by atoms with Crippen LogP contribution in [0.3, 0.4) is 0 Å². The molecule has 0 aliphatic heterocycles. The van der Waals surface area contributed by atoms with Crippen molar-refractivity contribution in [3.8, 4) is 11.5 Å². The zero-order chi connectivity index (χ0) is 11.5. The van der Waals surface area contributed by atoms with Gasteiger partial charge in [0.15, 0.2) is 0 Å². The van der Waals surface area contributed by atoms with Crippen molar-refractivity contribution >= 4 is 13.3 Å². The molecular formula is C12H7BF2O. The van der Waals surface area contributed by atoms with Crippen molar-refractivity contribution in [2.45, 2.75) is 0 Å². The van der Waals surface area contributed by atoms with Crippen LogP contribution in [0.15, 0.2) is 42.5 Å². The van der Waals surface area contributed by atoms with Crippen molar-refractivity contribution in [3.63, 3.8) is 0 Å². The van der Waals surface area contributed by atoms with E-state index >= 15 is 0 Å². The molecule has 0 aliphatic carbocycles. The van der Waals surface area contributed by atoms with Crippen LogP contribution in [-0.2, 0) is 0 Å². The minimum absolute atomic E-state index is 0.0478. The van der Waals surface area contributed by atoms with Gasteiger partial charge in [0.25, 0.3) is 0 Å². The maximum Gasteiger partial charge on any atom is 0.130 e. The predicted molar refractivity (Wildman–Crippen MR) is 58.3 cm³/mol. The van der Waals surface area contributed by atoms with Gasteiger partial charge in [-0.3, -0.25) is 0 Å². The highest BCUT2D eigenvalue weighted by molar-refractivity contribution is 6.32. The van der Waals surface area contributed by atoms with E-state index in [0.29, 0.717) is 5.75 Å². The monoisotopic (exact) mass is 216 g/mol. The summed E-state index contributed by atoms with van der Waals surface area (Å²) in [6, 6.07) is 9.67. The van der Waals surface area contributed by atoms with Gasteiger partial charge in [-0.25, -0.2) is 8.78 Å². The lowest BCUT2D eigenvalue weighted by molar-refractivity contribution is 0.472. The number of benzene rings is 2. The highest BCUT2D eigenvalue weighted by atomic mass is 19.1. The Hall–Kier alpha value is -1.84. The molecule has 2 aromatic carbocycles. The first kappa shape index (κ1) is 10.7. The van der Waals surface area contributed by atoms with Gasteiger partial charge in [0.05, 0.1) is 0 Å². The second-order valence-corrected chi connectivity index (χ2v) is 3.24. The van der Waals surface area contributed by atoms with E-state index in [4.69, 9.17) is 12.6 Å². The largest absolute Gasteiger partial charge is 0.457 e. The van der Waals surface area contributed by atoms with Gasteiger partial charge in [0.2, 0.25) is 0 Å². The Morgan fingerprint density at radius 3 is 2.38 bits per heavy atom. The van der Waals surface area contributed by atoms with Crippen molar-refractivity contribution in [2.75, 3.05) is 0 Å². The summed E-state index contributed by atoms with van der Waals surface area (Å²) < 4.78 is 31.2. The summed E-state index contributed by atoms with van der Waals surface area (Å²) in [4.78, 5) is 0. The van der Waals surface area contributed by atoms with Gasteiger partial charge < -0.3 is 4.74 Å². The molecule has 1 nitrogen and oxygen atoms in total. The van der Waals surface area contributed by atoms with E-state index in [1.807, 2.05) is 0 Å². The molecule has 0 N–H and O–H groups in total. The number of hydrogen-bond acceptors (Lipinski definition) is 1. The van der Waals surface area contributed by atoms with Crippen LogP contribution < -0.4 is 10.2 Å². The normalized spacial score (nSPS) is 10.1. The third-order valence-corrected chi connectivity index (χ3v) is 2.00. The van der Waals surface area contributed by atoms with Crippen molar-refractivity contribution < 1.29 is 13.5 Å². The lowest BCUT2D eigenvalue weighted by atomic mass is 9.96. The summed E-state index contributed by atoms with van der Waals surface area (Å²) in [6.07, 6.45) is 0. The zero-order valence-corrected chi connectivity index (χ0v) is 8.28. The molecule has 0 unspecified atom stereocenters. The first-order valence-electron chi connectivity index (χ1n) is 4.63. The third-order valence-electron chi connectivity index (χ3n) is 2.00. The maximum atomic E-state index is 13.1. The molecule has 0 bridgehead atoms. The van der Waals surface area contributed by atoms with E-state index in [9.17, 15) is 8.78 Å². The predicted octanol–water partition coefficient (Wildman–Crippen LogP) is 2.55. The van der Waals surface area contributed by atoms with Crippen LogP contribution in [0.25, 0.3) is 0 Å². The Morgan fingerprint density at radius 2 is 1.69 bits per heavy atom. The Kier molecular flexibility index (Phi) is 2.90. The molecule has 0 aliphatic rings. The van der Waals surface area contributed by atoms with Gasteiger partial charge in [-0.2, -0.15) is 0 Å². The molecular weight excluding hydrogens is 209 g/mol. The van der Waals surface area contributed by atoms with Crippen LogP contribution in [0.1, 0.15) is 0 Å². The molecule has 0 atom stereocenters. The Bertz CT molecular complexity index is 514. The fourth-order valence-electron chi connectivity index (χ4n) is 1.24. The van der Waals surface area contributed by atoms with Gasteiger partial charge >= 0.3 is 0 Å². The van der Waals surface area contributed by atoms with Crippen LogP contribution in [0.5, 0.6) is 11.5 Å². The molecule has 2 rings (SSSR count). The molecule has 2 radical (unpaired) electrons. The quantitative estimate of drug-likeness (QED) is 0.701.